The first-order valence-corrected chi connectivity index (χ1v) is 2.86. The third-order valence-corrected chi connectivity index (χ3v) is 1.33. The average molecular weight is 114 g/mol. The summed E-state index contributed by atoms with van der Waals surface area (Å²) in [6.07, 6.45) is -0.0880. The van der Waals surface area contributed by atoms with Crippen molar-refractivity contribution >= 4 is 5.78 Å². The SMILES string of the molecule is CC(C)[C@@H]1OCC1=O. The molecule has 0 radical (unpaired) electrons. The second-order valence-electron chi connectivity index (χ2n) is 2.44. The van der Waals surface area contributed by atoms with Crippen LogP contribution >= 0.6 is 0 Å². The normalized spacial score (nSPS) is 28.4. The number of Topliss-reactive ketones (excluding diaryl/α,β-unsaturated/α-hetero) is 1. The van der Waals surface area contributed by atoms with Crippen LogP contribution in [-0.2, 0) is 9.53 Å². The van der Waals surface area contributed by atoms with E-state index in [0.29, 0.717) is 12.5 Å². The second-order valence-corrected chi connectivity index (χ2v) is 2.44. The number of rotatable bonds is 1. The van der Waals surface area contributed by atoms with E-state index in [1.54, 1.807) is 0 Å². The standard InChI is InChI=1S/C6H10O2/c1-4(2)6-5(7)3-8-6/h4,6H,3H2,1-2H3/t6-/m0/s1. The molecule has 0 aromatic heterocycles. The average Bonchev–Trinajstić information content (AvgIpc) is 1.61. The van der Waals surface area contributed by atoms with Crippen molar-refractivity contribution in [2.75, 3.05) is 6.61 Å². The number of hydrogen-bond donors (Lipinski definition) is 0. The highest BCUT2D eigenvalue weighted by atomic mass is 16.5. The Labute approximate surface area is 48.8 Å². The molecule has 0 aliphatic carbocycles. The van der Waals surface area contributed by atoms with Crippen LogP contribution in [0.4, 0.5) is 0 Å². The van der Waals surface area contributed by atoms with Gasteiger partial charge in [0.15, 0.2) is 5.78 Å². The first-order chi connectivity index (χ1) is 3.72. The summed E-state index contributed by atoms with van der Waals surface area (Å²) in [6, 6.07) is 0. The summed E-state index contributed by atoms with van der Waals surface area (Å²) >= 11 is 0. The molecule has 0 aromatic carbocycles. The Balaban J connectivity index is 2.37. The number of carbonyl (C=O) groups excluding carboxylic acids is 1. The molecule has 1 fully saturated rings. The minimum Gasteiger partial charge on any atom is -0.362 e. The molecule has 2 nitrogen and oxygen atoms in total. The van der Waals surface area contributed by atoms with Crippen LogP contribution < -0.4 is 0 Å². The van der Waals surface area contributed by atoms with Gasteiger partial charge in [0.1, 0.15) is 12.7 Å². The Hall–Kier alpha value is -0.370. The predicted molar refractivity (Wildman–Crippen MR) is 29.6 cm³/mol. The highest BCUT2D eigenvalue weighted by molar-refractivity contribution is 5.88. The minimum absolute atomic E-state index is 0.0880. The predicted octanol–water partition coefficient (Wildman–Crippen LogP) is 0.610. The molecule has 1 heterocycles. The van der Waals surface area contributed by atoms with Gasteiger partial charge < -0.3 is 4.74 Å². The van der Waals surface area contributed by atoms with Gasteiger partial charge in [-0.2, -0.15) is 0 Å². The monoisotopic (exact) mass is 114 g/mol. The Bertz CT molecular complexity index is 107. The van der Waals surface area contributed by atoms with Crippen LogP contribution in [0.25, 0.3) is 0 Å². The molecule has 8 heavy (non-hydrogen) atoms. The molecule has 1 saturated heterocycles. The van der Waals surface area contributed by atoms with Crippen LogP contribution in [0.1, 0.15) is 13.8 Å². The van der Waals surface area contributed by atoms with Gasteiger partial charge >= 0.3 is 0 Å². The Morgan fingerprint density at radius 3 is 2.38 bits per heavy atom. The van der Waals surface area contributed by atoms with Crippen molar-refractivity contribution in [1.29, 1.82) is 0 Å². The van der Waals surface area contributed by atoms with E-state index >= 15 is 0 Å². The van der Waals surface area contributed by atoms with E-state index in [4.69, 9.17) is 4.74 Å². The number of ether oxygens (including phenoxy) is 1. The lowest BCUT2D eigenvalue weighted by Gasteiger charge is -2.27. The topological polar surface area (TPSA) is 26.3 Å². The fourth-order valence-corrected chi connectivity index (χ4v) is 0.812. The third-order valence-electron chi connectivity index (χ3n) is 1.33. The number of hydrogen-bond acceptors (Lipinski definition) is 2. The van der Waals surface area contributed by atoms with Crippen molar-refractivity contribution in [3.63, 3.8) is 0 Å². The van der Waals surface area contributed by atoms with E-state index in [9.17, 15) is 4.79 Å². The molecule has 1 rings (SSSR count). The fraction of sp³-hybridized carbons (Fsp3) is 0.833. The highest BCUT2D eigenvalue weighted by Crippen LogP contribution is 2.15. The lowest BCUT2D eigenvalue weighted by Crippen LogP contribution is -2.43. The summed E-state index contributed by atoms with van der Waals surface area (Å²) in [5.41, 5.74) is 0. The van der Waals surface area contributed by atoms with Crippen molar-refractivity contribution in [3.8, 4) is 0 Å². The van der Waals surface area contributed by atoms with Gasteiger partial charge in [-0.05, 0) is 5.92 Å². The molecule has 1 aliphatic rings. The van der Waals surface area contributed by atoms with E-state index in [0.717, 1.165) is 0 Å². The maximum Gasteiger partial charge on any atom is 0.187 e. The first kappa shape index (κ1) is 5.76. The summed E-state index contributed by atoms with van der Waals surface area (Å²) in [5.74, 6) is 0.608. The minimum atomic E-state index is -0.0880. The van der Waals surface area contributed by atoms with Crippen molar-refractivity contribution < 1.29 is 9.53 Å². The largest absolute Gasteiger partial charge is 0.362 e. The quantitative estimate of drug-likeness (QED) is 0.499. The molecule has 0 unspecified atom stereocenters. The van der Waals surface area contributed by atoms with Crippen LogP contribution in [0.15, 0.2) is 0 Å². The van der Waals surface area contributed by atoms with Crippen molar-refractivity contribution in [2.24, 2.45) is 5.92 Å². The fourth-order valence-electron chi connectivity index (χ4n) is 0.812. The summed E-state index contributed by atoms with van der Waals surface area (Å²) in [5, 5.41) is 0. The second kappa shape index (κ2) is 1.86. The Kier molecular flexibility index (Phi) is 1.34. The molecule has 1 aliphatic heterocycles. The zero-order valence-electron chi connectivity index (χ0n) is 5.18. The Morgan fingerprint density at radius 1 is 1.75 bits per heavy atom. The van der Waals surface area contributed by atoms with Gasteiger partial charge in [-0.1, -0.05) is 13.8 Å². The van der Waals surface area contributed by atoms with Gasteiger partial charge in [0.05, 0.1) is 0 Å². The summed E-state index contributed by atoms with van der Waals surface area (Å²) in [4.78, 5) is 10.5. The maximum absolute atomic E-state index is 10.5. The van der Waals surface area contributed by atoms with Crippen molar-refractivity contribution in [1.82, 2.24) is 0 Å². The van der Waals surface area contributed by atoms with Gasteiger partial charge in [-0.3, -0.25) is 4.79 Å². The molecule has 1 atom stereocenters. The molecule has 0 saturated carbocycles. The molecule has 46 valence electrons. The van der Waals surface area contributed by atoms with Gasteiger partial charge in [-0.15, -0.1) is 0 Å². The Morgan fingerprint density at radius 2 is 2.38 bits per heavy atom. The summed E-state index contributed by atoms with van der Waals surface area (Å²) < 4.78 is 4.95. The van der Waals surface area contributed by atoms with Crippen LogP contribution in [0, 0.1) is 5.92 Å². The third kappa shape index (κ3) is 0.757. The lowest BCUT2D eigenvalue weighted by atomic mass is 10.00. The van der Waals surface area contributed by atoms with E-state index in [1.807, 2.05) is 13.8 Å². The molecule has 0 aromatic rings. The van der Waals surface area contributed by atoms with Crippen molar-refractivity contribution in [3.05, 3.63) is 0 Å². The highest BCUT2D eigenvalue weighted by Gasteiger charge is 2.31. The zero-order chi connectivity index (χ0) is 6.15. The van der Waals surface area contributed by atoms with E-state index in [-0.39, 0.29) is 11.9 Å². The maximum atomic E-state index is 10.5. The molecule has 2 heteroatoms. The molecule has 0 bridgehead atoms. The van der Waals surface area contributed by atoms with Gasteiger partial charge in [0.2, 0.25) is 0 Å². The van der Waals surface area contributed by atoms with E-state index < -0.39 is 0 Å². The number of ketones is 1. The van der Waals surface area contributed by atoms with Crippen LogP contribution in [0.5, 0.6) is 0 Å². The number of carbonyl (C=O) groups is 1. The first-order valence-electron chi connectivity index (χ1n) is 2.86. The van der Waals surface area contributed by atoms with E-state index in [1.165, 1.54) is 0 Å². The molecule has 0 N–H and O–H groups in total. The molecular formula is C6H10O2. The van der Waals surface area contributed by atoms with Crippen molar-refractivity contribution in [2.45, 2.75) is 20.0 Å². The van der Waals surface area contributed by atoms with Crippen LogP contribution in [0.2, 0.25) is 0 Å². The molecule has 0 amide bonds. The molecular weight excluding hydrogens is 104 g/mol. The van der Waals surface area contributed by atoms with Gasteiger partial charge in [0, 0.05) is 0 Å². The lowest BCUT2D eigenvalue weighted by molar-refractivity contribution is -0.159. The molecule has 0 spiro atoms. The van der Waals surface area contributed by atoms with Gasteiger partial charge in [0.25, 0.3) is 0 Å². The smallest absolute Gasteiger partial charge is 0.187 e. The zero-order valence-corrected chi connectivity index (χ0v) is 5.18. The van der Waals surface area contributed by atoms with Gasteiger partial charge in [-0.25, -0.2) is 0 Å². The van der Waals surface area contributed by atoms with Crippen LogP contribution in [-0.4, -0.2) is 18.5 Å². The summed E-state index contributed by atoms with van der Waals surface area (Å²) in [7, 11) is 0. The van der Waals surface area contributed by atoms with E-state index in [2.05, 4.69) is 0 Å². The van der Waals surface area contributed by atoms with Crippen LogP contribution in [0.3, 0.4) is 0 Å². The summed E-state index contributed by atoms with van der Waals surface area (Å²) in [6.45, 7) is 4.31.